The van der Waals surface area contributed by atoms with Gasteiger partial charge in [-0.3, -0.25) is 19.9 Å². The molecule has 4 N–H and O–H groups in total. The van der Waals surface area contributed by atoms with Crippen molar-refractivity contribution >= 4 is 113 Å². The van der Waals surface area contributed by atoms with E-state index in [9.17, 15) is 70.2 Å². The van der Waals surface area contributed by atoms with Crippen LogP contribution in [-0.2, 0) is 0 Å². The Balaban J connectivity index is 0.000000264. The Hall–Kier alpha value is -8.36. The summed E-state index contributed by atoms with van der Waals surface area (Å²) in [5.74, 6) is -25.7. The van der Waals surface area contributed by atoms with Crippen molar-refractivity contribution in [3.05, 3.63) is 254 Å². The van der Waals surface area contributed by atoms with Crippen molar-refractivity contribution < 1.29 is 91.1 Å². The topological polar surface area (TPSA) is 182 Å². The van der Waals surface area contributed by atoms with Crippen molar-refractivity contribution in [1.29, 1.82) is 0 Å². The lowest BCUT2D eigenvalue weighted by Gasteiger charge is -2.03. The van der Waals surface area contributed by atoms with Crippen LogP contribution < -0.4 is 0 Å². The molecule has 0 unspecified atom stereocenters. The number of rotatable bonds is 8. The fourth-order valence-corrected chi connectivity index (χ4v) is 6.85. The van der Waals surface area contributed by atoms with E-state index in [4.69, 9.17) is 20.8 Å². The standard InChI is InChI=1S/2C12H10N2.4C7H2BrF4NO/c2*1(11-3-7-13-8-4-11)2-12-5-9-14-10-6-12;4*8-3-6(11)4(9)2(1-13-14)5(10)7(3)12/h2*1-10H;4*1,14H/b2*2-1+;4*13-1+. The second-order valence-electron chi connectivity index (χ2n) is 14.7. The van der Waals surface area contributed by atoms with Gasteiger partial charge >= 0.3 is 0 Å². The van der Waals surface area contributed by atoms with Gasteiger partial charge in [0.25, 0.3) is 0 Å². The second kappa shape index (κ2) is 34.9. The lowest BCUT2D eigenvalue weighted by molar-refractivity contribution is 0.321. The summed E-state index contributed by atoms with van der Waals surface area (Å²) in [4.78, 5) is 15.8. The smallest absolute Gasteiger partial charge is 0.176 e. The molecule has 4 heterocycles. The summed E-state index contributed by atoms with van der Waals surface area (Å²) in [6, 6.07) is 15.8. The maximum Gasteiger partial charge on any atom is 0.176 e. The van der Waals surface area contributed by atoms with E-state index in [0.29, 0.717) is 0 Å². The minimum atomic E-state index is -1.63. The van der Waals surface area contributed by atoms with E-state index >= 15 is 0 Å². The fourth-order valence-electron chi connectivity index (χ4n) is 5.45. The van der Waals surface area contributed by atoms with Crippen LogP contribution in [0.3, 0.4) is 0 Å². The van der Waals surface area contributed by atoms with Gasteiger partial charge in [-0.1, -0.05) is 44.9 Å². The molecule has 84 heavy (non-hydrogen) atoms. The largest absolute Gasteiger partial charge is 0.411 e. The summed E-state index contributed by atoms with van der Waals surface area (Å²) in [5.41, 5.74) is 0.287. The Morgan fingerprint density at radius 3 is 0.500 bits per heavy atom. The fraction of sp³-hybridized carbons (Fsp3) is 0. The number of oxime groups is 4. The van der Waals surface area contributed by atoms with Crippen LogP contribution in [0.1, 0.15) is 44.5 Å². The van der Waals surface area contributed by atoms with E-state index < -0.39 is 133 Å². The molecule has 4 aromatic heterocycles. The number of hydrogen-bond acceptors (Lipinski definition) is 12. The number of nitrogens with zero attached hydrogens (tertiary/aromatic N) is 8. The van der Waals surface area contributed by atoms with Gasteiger partial charge in [-0.05, 0) is 135 Å². The van der Waals surface area contributed by atoms with Crippen LogP contribution in [0.15, 0.2) is 137 Å². The highest BCUT2D eigenvalue weighted by Crippen LogP contribution is 2.30. The zero-order chi connectivity index (χ0) is 62.8. The van der Waals surface area contributed by atoms with Crippen LogP contribution in [0.2, 0.25) is 0 Å². The van der Waals surface area contributed by atoms with Gasteiger partial charge < -0.3 is 20.8 Å². The van der Waals surface area contributed by atoms with Gasteiger partial charge in [0.1, 0.15) is 0 Å². The number of hydrogen-bond donors (Lipinski definition) is 4. The van der Waals surface area contributed by atoms with Crippen molar-refractivity contribution in [3.63, 3.8) is 0 Å². The molecule has 0 aliphatic rings. The van der Waals surface area contributed by atoms with E-state index in [1.807, 2.05) is 48.5 Å². The predicted octanol–water partition coefficient (Wildman–Crippen LogP) is 16.5. The molecule has 0 amide bonds. The van der Waals surface area contributed by atoms with E-state index in [-0.39, 0.29) is 24.9 Å². The number of pyridine rings is 4. The van der Waals surface area contributed by atoms with Gasteiger partial charge in [0, 0.05) is 49.6 Å². The third-order valence-electron chi connectivity index (χ3n) is 9.48. The average molecular weight is 1450 g/mol. The summed E-state index contributed by atoms with van der Waals surface area (Å²) in [7, 11) is 0. The van der Waals surface area contributed by atoms with Crippen LogP contribution >= 0.6 is 63.7 Å². The van der Waals surface area contributed by atoms with Gasteiger partial charge in [0.15, 0.2) is 93.1 Å². The maximum atomic E-state index is 12.9. The third-order valence-corrected chi connectivity index (χ3v) is 12.3. The van der Waals surface area contributed by atoms with Crippen molar-refractivity contribution in [2.75, 3.05) is 0 Å². The summed E-state index contributed by atoms with van der Waals surface area (Å²) >= 11 is 9.32. The van der Waals surface area contributed by atoms with E-state index in [2.05, 4.69) is 129 Å². The van der Waals surface area contributed by atoms with Crippen molar-refractivity contribution in [3.8, 4) is 0 Å². The molecule has 0 atom stereocenters. The first-order valence-corrected chi connectivity index (χ1v) is 24.8. The summed E-state index contributed by atoms with van der Waals surface area (Å²) < 4.78 is 202. The Kier molecular flexibility index (Phi) is 29.1. The lowest BCUT2D eigenvalue weighted by atomic mass is 10.2. The van der Waals surface area contributed by atoms with Gasteiger partial charge in [-0.15, -0.1) is 0 Å². The highest BCUT2D eigenvalue weighted by Gasteiger charge is 2.26. The molecule has 0 aliphatic heterocycles. The van der Waals surface area contributed by atoms with Crippen LogP contribution in [0.4, 0.5) is 70.2 Å². The molecule has 12 nitrogen and oxygen atoms in total. The van der Waals surface area contributed by atoms with E-state index in [1.54, 1.807) is 49.6 Å². The molecule has 0 saturated carbocycles. The van der Waals surface area contributed by atoms with E-state index in [1.165, 1.54) is 0 Å². The monoisotopic (exact) mass is 1450 g/mol. The summed E-state index contributed by atoms with van der Waals surface area (Å²) in [6.07, 6.45) is 23.6. The molecule has 4 aromatic carbocycles. The molecule has 0 spiro atoms. The van der Waals surface area contributed by atoms with Gasteiger partial charge in [0.2, 0.25) is 0 Å². The average Bonchev–Trinajstić information content (AvgIpc) is 2.73. The number of halogens is 20. The molecule has 0 fully saturated rings. The van der Waals surface area contributed by atoms with Crippen LogP contribution in [0.5, 0.6) is 0 Å². The Bertz CT molecular complexity index is 3110. The van der Waals surface area contributed by atoms with Crippen molar-refractivity contribution in [2.24, 2.45) is 20.6 Å². The first-order chi connectivity index (χ1) is 39.9. The van der Waals surface area contributed by atoms with Gasteiger partial charge in [-0.25, -0.2) is 70.2 Å². The Morgan fingerprint density at radius 1 is 0.250 bits per heavy atom. The quantitative estimate of drug-likeness (QED) is 0.0289. The molecule has 8 aromatic rings. The number of benzene rings is 4. The lowest BCUT2D eigenvalue weighted by Crippen LogP contribution is -2.03. The van der Waals surface area contributed by atoms with Gasteiger partial charge in [-0.2, -0.15) is 0 Å². The molecule has 0 bridgehead atoms. The minimum Gasteiger partial charge on any atom is -0.411 e. The van der Waals surface area contributed by atoms with Crippen LogP contribution in [0, 0.1) is 93.1 Å². The van der Waals surface area contributed by atoms with Crippen LogP contribution in [-0.4, -0.2) is 65.6 Å². The summed E-state index contributed by atoms with van der Waals surface area (Å²) in [6.45, 7) is 0. The van der Waals surface area contributed by atoms with Crippen LogP contribution in [0.25, 0.3) is 24.3 Å². The molecule has 32 heteroatoms. The predicted molar refractivity (Wildman–Crippen MR) is 288 cm³/mol. The summed E-state index contributed by atoms with van der Waals surface area (Å²) in [5, 5.41) is 41.1. The third kappa shape index (κ3) is 19.4. The first kappa shape index (κ1) is 69.9. The highest BCUT2D eigenvalue weighted by atomic mass is 79.9. The number of aromatic nitrogens is 4. The maximum absolute atomic E-state index is 12.9. The molecule has 0 aliphatic carbocycles. The normalized spacial score (nSPS) is 11.0. The van der Waals surface area contributed by atoms with Gasteiger partial charge in [0.05, 0.1) is 65.0 Å². The molecular formula is C52H28Br4F16N8O4. The SMILES string of the molecule is C(=C\c1ccncc1)/c1ccncc1.C(=C\c1ccncc1)/c1ccncc1.O/N=C/c1c(F)c(F)c(Br)c(F)c1F.O/N=C/c1c(F)c(F)c(Br)c(F)c1F.O/N=C/c1c(F)c(F)c(Br)c(F)c1F.O/N=C/c1c(F)c(F)c(Br)c(F)c1F. The zero-order valence-corrected chi connectivity index (χ0v) is 47.1. The molecule has 0 radical (unpaired) electrons. The zero-order valence-electron chi connectivity index (χ0n) is 40.8. The molecule has 8 rings (SSSR count). The van der Waals surface area contributed by atoms with Crippen molar-refractivity contribution in [2.45, 2.75) is 0 Å². The molecule has 0 saturated heterocycles. The molecular weight excluding hydrogens is 1420 g/mol. The molecule has 440 valence electrons. The Labute approximate surface area is 495 Å². The Morgan fingerprint density at radius 2 is 0.381 bits per heavy atom. The van der Waals surface area contributed by atoms with E-state index in [0.717, 1.165) is 22.3 Å². The van der Waals surface area contributed by atoms with Crippen molar-refractivity contribution in [1.82, 2.24) is 19.9 Å². The second-order valence-corrected chi connectivity index (χ2v) is 17.9. The first-order valence-electron chi connectivity index (χ1n) is 21.6. The highest BCUT2D eigenvalue weighted by molar-refractivity contribution is 9.11. The minimum absolute atomic E-state index is 0.267.